The number of nitrogens with one attached hydrogen (secondary N) is 2. The van der Waals surface area contributed by atoms with Gasteiger partial charge in [-0.25, -0.2) is 0 Å². The first-order chi connectivity index (χ1) is 7.25. The van der Waals surface area contributed by atoms with Crippen molar-refractivity contribution in [3.8, 4) is 0 Å². The van der Waals surface area contributed by atoms with E-state index < -0.39 is 12.0 Å². The molecule has 1 aliphatic rings. The first-order valence-corrected chi connectivity index (χ1v) is 5.50. The van der Waals surface area contributed by atoms with Crippen LogP contribution in [-0.2, 0) is 4.79 Å². The van der Waals surface area contributed by atoms with Gasteiger partial charge in [0.15, 0.2) is 0 Å². The molecule has 15 heavy (non-hydrogen) atoms. The molecule has 7 nitrogen and oxygen atoms in total. The van der Waals surface area contributed by atoms with Crippen LogP contribution in [0.1, 0.15) is 12.8 Å². The molecule has 1 fully saturated rings. The van der Waals surface area contributed by atoms with Crippen molar-refractivity contribution < 1.29 is 9.90 Å². The van der Waals surface area contributed by atoms with E-state index in [-0.39, 0.29) is 5.25 Å². The van der Waals surface area contributed by atoms with Crippen LogP contribution in [0.15, 0.2) is 5.16 Å². The van der Waals surface area contributed by atoms with Crippen molar-refractivity contribution in [3.63, 3.8) is 0 Å². The molecule has 2 heterocycles. The van der Waals surface area contributed by atoms with Gasteiger partial charge in [0.05, 0.1) is 0 Å². The van der Waals surface area contributed by atoms with Crippen molar-refractivity contribution in [2.75, 3.05) is 6.54 Å². The van der Waals surface area contributed by atoms with Crippen LogP contribution in [0.5, 0.6) is 0 Å². The summed E-state index contributed by atoms with van der Waals surface area (Å²) in [5.74, 6) is -0.798. The predicted molar refractivity (Wildman–Crippen MR) is 52.5 cm³/mol. The van der Waals surface area contributed by atoms with Crippen molar-refractivity contribution in [1.82, 2.24) is 25.9 Å². The number of carboxylic acids is 1. The Labute approximate surface area is 90.0 Å². The van der Waals surface area contributed by atoms with Gasteiger partial charge in [0.25, 0.3) is 0 Å². The van der Waals surface area contributed by atoms with Gasteiger partial charge in [0, 0.05) is 5.25 Å². The number of carbonyl (C=O) groups is 1. The molecule has 1 aromatic rings. The molecule has 0 aliphatic carbocycles. The van der Waals surface area contributed by atoms with E-state index in [2.05, 4.69) is 25.9 Å². The maximum absolute atomic E-state index is 10.8. The van der Waals surface area contributed by atoms with Crippen LogP contribution in [0.2, 0.25) is 0 Å². The number of rotatable bonds is 3. The van der Waals surface area contributed by atoms with Crippen molar-refractivity contribution in [3.05, 3.63) is 0 Å². The number of nitrogens with zero attached hydrogens (tertiary/aromatic N) is 3. The zero-order chi connectivity index (χ0) is 10.7. The molecule has 8 heteroatoms. The fourth-order valence-corrected chi connectivity index (χ4v) is 2.53. The Kier molecular flexibility index (Phi) is 3.17. The average molecular weight is 229 g/mol. The summed E-state index contributed by atoms with van der Waals surface area (Å²) in [6.45, 7) is 0.715. The lowest BCUT2D eigenvalue weighted by atomic mass is 10.1. The van der Waals surface area contributed by atoms with Crippen LogP contribution >= 0.6 is 11.8 Å². The maximum atomic E-state index is 10.8. The van der Waals surface area contributed by atoms with Gasteiger partial charge in [0.2, 0.25) is 5.16 Å². The van der Waals surface area contributed by atoms with Crippen LogP contribution in [0.4, 0.5) is 0 Å². The van der Waals surface area contributed by atoms with E-state index in [0.717, 1.165) is 6.42 Å². The zero-order valence-electron chi connectivity index (χ0n) is 7.88. The first kappa shape index (κ1) is 10.4. The summed E-state index contributed by atoms with van der Waals surface area (Å²) in [4.78, 5) is 10.8. The molecule has 82 valence electrons. The van der Waals surface area contributed by atoms with Gasteiger partial charge in [-0.1, -0.05) is 11.8 Å². The second-order valence-electron chi connectivity index (χ2n) is 3.30. The third-order valence-corrected chi connectivity index (χ3v) is 3.40. The quantitative estimate of drug-likeness (QED) is 0.641. The minimum absolute atomic E-state index is 0.241. The molecule has 0 amide bonds. The number of hydrogen-bond acceptors (Lipinski definition) is 6. The molecule has 1 aliphatic heterocycles. The second-order valence-corrected chi connectivity index (χ2v) is 4.57. The number of tetrazole rings is 1. The van der Waals surface area contributed by atoms with Gasteiger partial charge in [-0.15, -0.1) is 10.2 Å². The first-order valence-electron chi connectivity index (χ1n) is 4.62. The number of piperidine rings is 1. The van der Waals surface area contributed by atoms with E-state index in [4.69, 9.17) is 5.11 Å². The molecule has 2 atom stereocenters. The second kappa shape index (κ2) is 4.58. The van der Waals surface area contributed by atoms with Gasteiger partial charge < -0.3 is 10.4 Å². The molecule has 0 aromatic carbocycles. The lowest BCUT2D eigenvalue weighted by molar-refractivity contribution is -0.140. The van der Waals surface area contributed by atoms with E-state index in [0.29, 0.717) is 18.1 Å². The Bertz CT molecular complexity index is 330. The molecule has 0 unspecified atom stereocenters. The van der Waals surface area contributed by atoms with Crippen LogP contribution in [-0.4, -0.2) is 49.5 Å². The summed E-state index contributed by atoms with van der Waals surface area (Å²) >= 11 is 1.47. The SMILES string of the molecule is O=C(O)[C@@H]1C[C@@H](Sc2nn[nH]n2)CCN1. The van der Waals surface area contributed by atoms with Crippen LogP contribution in [0, 0.1) is 0 Å². The topological polar surface area (TPSA) is 104 Å². The minimum atomic E-state index is -0.798. The number of aromatic amines is 1. The average Bonchev–Trinajstić information content (AvgIpc) is 2.71. The Morgan fingerprint density at radius 2 is 2.47 bits per heavy atom. The van der Waals surface area contributed by atoms with Crippen molar-refractivity contribution in [2.45, 2.75) is 29.3 Å². The summed E-state index contributed by atoms with van der Waals surface area (Å²) in [6.07, 6.45) is 1.51. The fourth-order valence-electron chi connectivity index (χ4n) is 1.53. The molecule has 1 aromatic heterocycles. The number of aromatic nitrogens is 4. The zero-order valence-corrected chi connectivity index (χ0v) is 8.70. The molecular weight excluding hydrogens is 218 g/mol. The Morgan fingerprint density at radius 3 is 3.13 bits per heavy atom. The van der Waals surface area contributed by atoms with Crippen LogP contribution in [0.3, 0.4) is 0 Å². The number of thioether (sulfide) groups is 1. The molecule has 0 saturated carbocycles. The van der Waals surface area contributed by atoms with Gasteiger partial charge in [-0.3, -0.25) is 4.79 Å². The van der Waals surface area contributed by atoms with E-state index in [1.807, 2.05) is 0 Å². The highest BCUT2D eigenvalue weighted by Crippen LogP contribution is 2.27. The number of carboxylic acid groups (broad SMARTS) is 1. The highest BCUT2D eigenvalue weighted by Gasteiger charge is 2.27. The molecule has 1 saturated heterocycles. The summed E-state index contributed by atoms with van der Waals surface area (Å²) in [7, 11) is 0. The largest absolute Gasteiger partial charge is 0.480 e. The molecular formula is C7H11N5O2S. The minimum Gasteiger partial charge on any atom is -0.480 e. The van der Waals surface area contributed by atoms with Gasteiger partial charge in [0.1, 0.15) is 6.04 Å². The Balaban J connectivity index is 1.90. The van der Waals surface area contributed by atoms with Crippen LogP contribution < -0.4 is 5.32 Å². The smallest absolute Gasteiger partial charge is 0.320 e. The summed E-state index contributed by atoms with van der Waals surface area (Å²) < 4.78 is 0. The third-order valence-electron chi connectivity index (χ3n) is 2.25. The van der Waals surface area contributed by atoms with Gasteiger partial charge in [-0.2, -0.15) is 5.21 Å². The van der Waals surface area contributed by atoms with Crippen molar-refractivity contribution in [1.29, 1.82) is 0 Å². The summed E-state index contributed by atoms with van der Waals surface area (Å²) in [5, 5.41) is 26.1. The van der Waals surface area contributed by atoms with E-state index in [1.165, 1.54) is 11.8 Å². The molecule has 3 N–H and O–H groups in total. The van der Waals surface area contributed by atoms with Crippen molar-refractivity contribution in [2.24, 2.45) is 0 Å². The molecule has 0 bridgehead atoms. The number of aliphatic carboxylic acids is 1. The third kappa shape index (κ3) is 2.66. The van der Waals surface area contributed by atoms with Crippen molar-refractivity contribution >= 4 is 17.7 Å². The number of H-pyrrole nitrogens is 1. The predicted octanol–water partition coefficient (Wildman–Crippen LogP) is -0.503. The standard InChI is InChI=1S/C7H11N5O2S/c13-6(14)5-3-4(1-2-8-5)15-7-9-11-12-10-7/h4-5,8H,1-3H2,(H,13,14)(H,9,10,11,12)/t4-,5-/m0/s1. The normalized spacial score (nSPS) is 26.4. The van der Waals surface area contributed by atoms with Crippen LogP contribution in [0.25, 0.3) is 0 Å². The Morgan fingerprint density at radius 1 is 1.60 bits per heavy atom. The highest BCUT2D eigenvalue weighted by atomic mass is 32.2. The van der Waals surface area contributed by atoms with Gasteiger partial charge >= 0.3 is 5.97 Å². The monoisotopic (exact) mass is 229 g/mol. The molecule has 0 spiro atoms. The highest BCUT2D eigenvalue weighted by molar-refractivity contribution is 7.99. The summed E-state index contributed by atoms with van der Waals surface area (Å²) in [6, 6.07) is -0.455. The lowest BCUT2D eigenvalue weighted by Gasteiger charge is -2.26. The Hall–Kier alpha value is -1.15. The molecule has 0 radical (unpaired) electrons. The maximum Gasteiger partial charge on any atom is 0.320 e. The van der Waals surface area contributed by atoms with E-state index in [9.17, 15) is 4.79 Å². The fraction of sp³-hybridized carbons (Fsp3) is 0.714. The van der Waals surface area contributed by atoms with E-state index >= 15 is 0 Å². The molecule has 2 rings (SSSR count). The van der Waals surface area contributed by atoms with Gasteiger partial charge in [-0.05, 0) is 24.6 Å². The number of hydrogen-bond donors (Lipinski definition) is 3. The summed E-state index contributed by atoms with van der Waals surface area (Å²) in [5.41, 5.74) is 0. The lowest BCUT2D eigenvalue weighted by Crippen LogP contribution is -2.44. The van der Waals surface area contributed by atoms with E-state index in [1.54, 1.807) is 0 Å².